The van der Waals surface area contributed by atoms with Gasteiger partial charge < -0.3 is 20.1 Å². The van der Waals surface area contributed by atoms with Crippen molar-refractivity contribution < 1.29 is 9.59 Å². The van der Waals surface area contributed by atoms with Gasteiger partial charge in [-0.1, -0.05) is 17.7 Å². The summed E-state index contributed by atoms with van der Waals surface area (Å²) in [5.41, 5.74) is 3.33. The maximum atomic E-state index is 13.3. The van der Waals surface area contributed by atoms with Gasteiger partial charge in [-0.15, -0.1) is 0 Å². The Morgan fingerprint density at radius 3 is 2.77 bits per heavy atom. The number of amidine groups is 1. The number of aliphatic imine (C=N–C) groups is 1. The first kappa shape index (κ1) is 22.0. The van der Waals surface area contributed by atoms with E-state index in [9.17, 15) is 9.59 Å². The maximum absolute atomic E-state index is 13.3. The lowest BCUT2D eigenvalue weighted by Crippen LogP contribution is -2.54. The van der Waals surface area contributed by atoms with E-state index in [1.165, 1.54) is 0 Å². The van der Waals surface area contributed by atoms with Crippen LogP contribution < -0.4 is 10.2 Å². The fourth-order valence-corrected chi connectivity index (χ4v) is 5.66. The van der Waals surface area contributed by atoms with E-state index in [1.54, 1.807) is 12.3 Å². The Labute approximate surface area is 208 Å². The second-order valence-electron chi connectivity index (χ2n) is 9.45. The summed E-state index contributed by atoms with van der Waals surface area (Å²) in [5.74, 6) is 0.852. The van der Waals surface area contributed by atoms with Crippen LogP contribution in [0.15, 0.2) is 53.7 Å². The molecule has 0 bridgehead atoms. The van der Waals surface area contributed by atoms with Crippen LogP contribution in [0, 0.1) is 0 Å². The van der Waals surface area contributed by atoms with Gasteiger partial charge in [-0.2, -0.15) is 0 Å². The van der Waals surface area contributed by atoms with Crippen LogP contribution in [0.5, 0.6) is 0 Å². The number of H-pyrrole nitrogens is 1. The number of anilines is 1. The monoisotopic (exact) mass is 490 g/mol. The van der Waals surface area contributed by atoms with Gasteiger partial charge in [0.25, 0.3) is 5.91 Å². The molecule has 0 spiro atoms. The van der Waals surface area contributed by atoms with Gasteiger partial charge in [-0.05, 0) is 49.2 Å². The van der Waals surface area contributed by atoms with Gasteiger partial charge in [0.2, 0.25) is 0 Å². The molecule has 3 aliphatic heterocycles. The van der Waals surface area contributed by atoms with Gasteiger partial charge in [-0.3, -0.25) is 14.7 Å². The number of rotatable bonds is 4. The van der Waals surface area contributed by atoms with Crippen molar-refractivity contribution in [2.75, 3.05) is 38.1 Å². The molecule has 0 aliphatic carbocycles. The SMILES string of the molecule is CN1CCN=C1c1ccc(N2C[C@@H]3[C@H](NC(=O)c4ccc5c(Cl)c[nH]c5c4)CCCN3C2=O)cc1. The zero-order valence-corrected chi connectivity index (χ0v) is 20.3. The summed E-state index contributed by atoms with van der Waals surface area (Å²) in [4.78, 5) is 39.9. The van der Waals surface area contributed by atoms with E-state index in [4.69, 9.17) is 11.6 Å². The van der Waals surface area contributed by atoms with E-state index in [0.717, 1.165) is 53.9 Å². The molecule has 9 heteroatoms. The molecule has 8 nitrogen and oxygen atoms in total. The van der Waals surface area contributed by atoms with E-state index in [-0.39, 0.29) is 24.0 Å². The number of fused-ring (bicyclic) bond motifs is 2. The fraction of sp³-hybridized carbons (Fsp3) is 0.346. The third-order valence-corrected chi connectivity index (χ3v) is 7.64. The number of benzene rings is 2. The highest BCUT2D eigenvalue weighted by atomic mass is 35.5. The van der Waals surface area contributed by atoms with Crippen molar-refractivity contribution >= 4 is 46.0 Å². The lowest BCUT2D eigenvalue weighted by atomic mass is 9.97. The number of halogens is 1. The molecule has 3 amide bonds. The van der Waals surface area contributed by atoms with Crippen molar-refractivity contribution in [2.45, 2.75) is 24.9 Å². The molecule has 6 rings (SSSR count). The van der Waals surface area contributed by atoms with Crippen LogP contribution in [0.3, 0.4) is 0 Å². The van der Waals surface area contributed by atoms with E-state index in [0.29, 0.717) is 23.7 Å². The summed E-state index contributed by atoms with van der Waals surface area (Å²) in [5, 5.41) is 4.72. The van der Waals surface area contributed by atoms with E-state index < -0.39 is 0 Å². The number of nitrogens with zero attached hydrogens (tertiary/aromatic N) is 4. The molecule has 180 valence electrons. The number of piperidine rings is 1. The van der Waals surface area contributed by atoms with Crippen molar-refractivity contribution in [3.63, 3.8) is 0 Å². The smallest absolute Gasteiger partial charge is 0.324 e. The summed E-state index contributed by atoms with van der Waals surface area (Å²) in [6.45, 7) is 3.00. The average molecular weight is 491 g/mol. The minimum atomic E-state index is -0.138. The standard InChI is InChI=1S/C26H27ClN6O2/c1-31-12-10-28-24(31)16-4-7-18(8-5-16)33-15-23-21(3-2-11-32(23)26(33)35)30-25(34)17-6-9-19-20(27)14-29-22(19)13-17/h4-9,13-14,21,23,29H,2-3,10-12,15H2,1H3,(H,30,34)/t21-,23-/m1/s1. The number of carbonyl (C=O) groups is 2. The Morgan fingerprint density at radius 2 is 2.00 bits per heavy atom. The number of aromatic nitrogens is 1. The molecule has 4 heterocycles. The quantitative estimate of drug-likeness (QED) is 0.584. The zero-order valence-electron chi connectivity index (χ0n) is 19.5. The highest BCUT2D eigenvalue weighted by Gasteiger charge is 2.44. The molecule has 2 saturated heterocycles. The molecule has 2 aromatic carbocycles. The minimum absolute atomic E-state index is 0.000490. The Hall–Kier alpha value is -3.52. The Bertz CT molecular complexity index is 1330. The summed E-state index contributed by atoms with van der Waals surface area (Å²) >= 11 is 6.17. The van der Waals surface area contributed by atoms with Crippen LogP contribution in [-0.4, -0.2) is 77.9 Å². The van der Waals surface area contributed by atoms with Crippen molar-refractivity contribution in [1.82, 2.24) is 20.1 Å². The molecule has 2 N–H and O–H groups in total. The van der Waals surface area contributed by atoms with Gasteiger partial charge in [-0.25, -0.2) is 4.79 Å². The molecule has 2 atom stereocenters. The van der Waals surface area contributed by atoms with Gasteiger partial charge in [0.1, 0.15) is 5.84 Å². The van der Waals surface area contributed by atoms with Crippen molar-refractivity contribution in [1.29, 1.82) is 0 Å². The van der Waals surface area contributed by atoms with Crippen LogP contribution in [0.2, 0.25) is 5.02 Å². The lowest BCUT2D eigenvalue weighted by Gasteiger charge is -2.35. The number of nitrogens with one attached hydrogen (secondary N) is 2. The molecule has 0 radical (unpaired) electrons. The number of amides is 3. The summed E-state index contributed by atoms with van der Waals surface area (Å²) in [7, 11) is 2.04. The number of carbonyl (C=O) groups excluding carboxylic acids is 2. The first-order chi connectivity index (χ1) is 17.0. The molecule has 3 aromatic rings. The van der Waals surface area contributed by atoms with Crippen LogP contribution >= 0.6 is 11.6 Å². The van der Waals surface area contributed by atoms with E-state index in [1.807, 2.05) is 53.2 Å². The number of hydrogen-bond acceptors (Lipinski definition) is 4. The molecule has 0 saturated carbocycles. The average Bonchev–Trinajstić information content (AvgIpc) is 3.57. The van der Waals surface area contributed by atoms with Crippen molar-refractivity contribution in [2.24, 2.45) is 4.99 Å². The highest BCUT2D eigenvalue weighted by molar-refractivity contribution is 6.35. The largest absolute Gasteiger partial charge is 0.360 e. The van der Waals surface area contributed by atoms with Crippen LogP contribution in [0.25, 0.3) is 10.9 Å². The van der Waals surface area contributed by atoms with Gasteiger partial charge >= 0.3 is 6.03 Å². The predicted molar refractivity (Wildman–Crippen MR) is 138 cm³/mol. The Morgan fingerprint density at radius 1 is 1.17 bits per heavy atom. The second-order valence-corrected chi connectivity index (χ2v) is 9.85. The molecule has 0 unspecified atom stereocenters. The molecule has 1 aromatic heterocycles. The summed E-state index contributed by atoms with van der Waals surface area (Å²) in [6.07, 6.45) is 3.42. The molecule has 35 heavy (non-hydrogen) atoms. The van der Waals surface area contributed by atoms with Crippen LogP contribution in [0.1, 0.15) is 28.8 Å². The van der Waals surface area contributed by atoms with Crippen LogP contribution in [0.4, 0.5) is 10.5 Å². The van der Waals surface area contributed by atoms with Crippen molar-refractivity contribution in [3.8, 4) is 0 Å². The Balaban J connectivity index is 1.18. The fourth-order valence-electron chi connectivity index (χ4n) is 5.44. The predicted octanol–water partition coefficient (Wildman–Crippen LogP) is 3.72. The van der Waals surface area contributed by atoms with Gasteiger partial charge in [0, 0.05) is 54.1 Å². The minimum Gasteiger partial charge on any atom is -0.360 e. The number of hydrogen-bond donors (Lipinski definition) is 2. The third kappa shape index (κ3) is 3.82. The number of likely N-dealkylation sites (N-methyl/N-ethyl adjacent to an activating group) is 1. The molecular weight excluding hydrogens is 464 g/mol. The van der Waals surface area contributed by atoms with Crippen molar-refractivity contribution in [3.05, 3.63) is 64.8 Å². The van der Waals surface area contributed by atoms with Gasteiger partial charge in [0.05, 0.1) is 30.2 Å². The highest BCUT2D eigenvalue weighted by Crippen LogP contribution is 2.31. The second kappa shape index (κ2) is 8.61. The third-order valence-electron chi connectivity index (χ3n) is 7.33. The van der Waals surface area contributed by atoms with Crippen LogP contribution in [-0.2, 0) is 0 Å². The zero-order chi connectivity index (χ0) is 24.1. The normalized spacial score (nSPS) is 22.1. The van der Waals surface area contributed by atoms with E-state index in [2.05, 4.69) is 20.2 Å². The topological polar surface area (TPSA) is 84.0 Å². The maximum Gasteiger partial charge on any atom is 0.324 e. The Kier molecular flexibility index (Phi) is 5.40. The summed E-state index contributed by atoms with van der Waals surface area (Å²) in [6, 6.07) is 13.3. The van der Waals surface area contributed by atoms with E-state index >= 15 is 0 Å². The molecular formula is C26H27ClN6O2. The first-order valence-electron chi connectivity index (χ1n) is 12.0. The molecule has 3 aliphatic rings. The number of aromatic amines is 1. The lowest BCUT2D eigenvalue weighted by molar-refractivity contribution is 0.0887. The molecule has 2 fully saturated rings. The van der Waals surface area contributed by atoms with Gasteiger partial charge in [0.15, 0.2) is 0 Å². The summed E-state index contributed by atoms with van der Waals surface area (Å²) < 4.78 is 0. The first-order valence-corrected chi connectivity index (χ1v) is 12.4. The number of urea groups is 1.